The van der Waals surface area contributed by atoms with Gasteiger partial charge in [0.1, 0.15) is 5.75 Å². The van der Waals surface area contributed by atoms with Gasteiger partial charge in [0.25, 0.3) is 0 Å². The molecule has 18 heavy (non-hydrogen) atoms. The molecule has 0 aliphatic rings. The highest BCUT2D eigenvalue weighted by Crippen LogP contribution is 2.26. The number of nitrogens with two attached hydrogens (primary N) is 1. The summed E-state index contributed by atoms with van der Waals surface area (Å²) in [5.41, 5.74) is 5.51. The van der Waals surface area contributed by atoms with Crippen molar-refractivity contribution in [2.45, 2.75) is 26.0 Å². The van der Waals surface area contributed by atoms with Crippen LogP contribution in [0, 0.1) is 0 Å². The van der Waals surface area contributed by atoms with Crippen molar-refractivity contribution < 1.29 is 4.74 Å². The van der Waals surface area contributed by atoms with E-state index in [2.05, 4.69) is 15.4 Å². The average Bonchev–Trinajstić information content (AvgIpc) is 2.83. The Labute approximate surface area is 110 Å². The molecular formula is C12H16N4OS. The van der Waals surface area contributed by atoms with Crippen LogP contribution in [0.1, 0.15) is 30.3 Å². The summed E-state index contributed by atoms with van der Waals surface area (Å²) in [7, 11) is 0. The molecule has 5 nitrogen and oxygen atoms in total. The summed E-state index contributed by atoms with van der Waals surface area (Å²) < 4.78 is 5.62. The molecular weight excluding hydrogens is 248 g/mol. The van der Waals surface area contributed by atoms with Crippen LogP contribution >= 0.6 is 11.3 Å². The third-order valence-electron chi connectivity index (χ3n) is 2.34. The van der Waals surface area contributed by atoms with Crippen molar-refractivity contribution in [1.29, 1.82) is 0 Å². The molecule has 2 heterocycles. The molecule has 0 amide bonds. The zero-order valence-electron chi connectivity index (χ0n) is 10.3. The van der Waals surface area contributed by atoms with Crippen molar-refractivity contribution in [1.82, 2.24) is 15.4 Å². The van der Waals surface area contributed by atoms with Crippen LogP contribution in [0.15, 0.2) is 30.2 Å². The van der Waals surface area contributed by atoms with E-state index in [1.54, 1.807) is 35.4 Å². The molecule has 0 radical (unpaired) electrons. The molecule has 0 aliphatic carbocycles. The van der Waals surface area contributed by atoms with E-state index in [0.717, 1.165) is 16.2 Å². The van der Waals surface area contributed by atoms with Crippen molar-refractivity contribution in [2.24, 2.45) is 5.84 Å². The number of ether oxygens (including phenoxy) is 1. The summed E-state index contributed by atoms with van der Waals surface area (Å²) in [6.07, 6.45) is 5.39. The third kappa shape index (κ3) is 3.04. The maximum atomic E-state index is 5.62. The van der Waals surface area contributed by atoms with Gasteiger partial charge in [-0.05, 0) is 25.5 Å². The quantitative estimate of drug-likeness (QED) is 0.637. The maximum absolute atomic E-state index is 5.62. The molecule has 6 heteroatoms. The van der Waals surface area contributed by atoms with Crippen molar-refractivity contribution in [3.8, 4) is 5.75 Å². The van der Waals surface area contributed by atoms with Gasteiger partial charge in [-0.1, -0.05) is 0 Å². The first kappa shape index (κ1) is 12.9. The van der Waals surface area contributed by atoms with Crippen LogP contribution in [-0.2, 0) is 0 Å². The first-order valence-corrected chi connectivity index (χ1v) is 6.54. The van der Waals surface area contributed by atoms with E-state index in [4.69, 9.17) is 10.6 Å². The van der Waals surface area contributed by atoms with E-state index in [-0.39, 0.29) is 12.1 Å². The Hall–Kier alpha value is -1.50. The lowest BCUT2D eigenvalue weighted by atomic mass is 10.1. The van der Waals surface area contributed by atoms with Gasteiger partial charge in [0.15, 0.2) is 0 Å². The number of hydrazine groups is 1. The number of aromatic nitrogens is 2. The minimum Gasteiger partial charge on any atom is -0.489 e. The number of pyridine rings is 1. The molecule has 3 N–H and O–H groups in total. The van der Waals surface area contributed by atoms with Gasteiger partial charge in [-0.3, -0.25) is 15.8 Å². The number of thiazole rings is 1. The lowest BCUT2D eigenvalue weighted by Crippen LogP contribution is -2.28. The lowest BCUT2D eigenvalue weighted by molar-refractivity contribution is 0.241. The summed E-state index contributed by atoms with van der Waals surface area (Å²) in [6.45, 7) is 3.96. The van der Waals surface area contributed by atoms with Crippen molar-refractivity contribution in [3.05, 3.63) is 40.6 Å². The minimum absolute atomic E-state index is 0.110. The highest BCUT2D eigenvalue weighted by Gasteiger charge is 2.15. The first-order valence-electron chi connectivity index (χ1n) is 5.67. The van der Waals surface area contributed by atoms with Crippen LogP contribution in [0.4, 0.5) is 0 Å². The van der Waals surface area contributed by atoms with Gasteiger partial charge in [0.05, 0.1) is 23.9 Å². The van der Waals surface area contributed by atoms with Crippen LogP contribution < -0.4 is 16.0 Å². The zero-order chi connectivity index (χ0) is 13.0. The Kier molecular flexibility index (Phi) is 4.24. The normalized spacial score (nSPS) is 12.7. The number of hydrogen-bond donors (Lipinski definition) is 2. The van der Waals surface area contributed by atoms with Crippen LogP contribution in [-0.4, -0.2) is 16.1 Å². The molecule has 0 aromatic carbocycles. The summed E-state index contributed by atoms with van der Waals surface area (Å²) in [5.74, 6) is 6.35. The highest BCUT2D eigenvalue weighted by molar-refractivity contribution is 7.09. The number of rotatable bonds is 5. The molecule has 96 valence electrons. The topological polar surface area (TPSA) is 73.1 Å². The fourth-order valence-electron chi connectivity index (χ4n) is 1.64. The fraction of sp³-hybridized carbons (Fsp3) is 0.333. The van der Waals surface area contributed by atoms with Crippen LogP contribution in [0.2, 0.25) is 0 Å². The molecule has 0 saturated heterocycles. The Balaban J connectivity index is 2.26. The fourth-order valence-corrected chi connectivity index (χ4v) is 2.35. The number of nitrogens with zero attached hydrogens (tertiary/aromatic N) is 2. The van der Waals surface area contributed by atoms with E-state index >= 15 is 0 Å². The smallest absolute Gasteiger partial charge is 0.138 e. The monoisotopic (exact) mass is 264 g/mol. The summed E-state index contributed by atoms with van der Waals surface area (Å²) in [4.78, 5) is 9.28. The van der Waals surface area contributed by atoms with E-state index in [1.807, 2.05) is 19.9 Å². The summed E-state index contributed by atoms with van der Waals surface area (Å²) >= 11 is 1.55. The lowest BCUT2D eigenvalue weighted by Gasteiger charge is -2.16. The molecule has 0 aliphatic heterocycles. The second-order valence-corrected chi connectivity index (χ2v) is 5.04. The standard InChI is InChI=1S/C12H16N4OS/c1-8(2)17-10-3-9(4-14-5-10)12(16-13)11-6-15-7-18-11/h3-8,12,16H,13H2,1-2H3. The number of hydrogen-bond acceptors (Lipinski definition) is 6. The van der Waals surface area contributed by atoms with Gasteiger partial charge < -0.3 is 4.74 Å². The molecule has 0 saturated carbocycles. The second-order valence-electron chi connectivity index (χ2n) is 4.12. The maximum Gasteiger partial charge on any atom is 0.138 e. The molecule has 1 unspecified atom stereocenters. The van der Waals surface area contributed by atoms with Crippen molar-refractivity contribution in [2.75, 3.05) is 0 Å². The van der Waals surface area contributed by atoms with Gasteiger partial charge in [0.2, 0.25) is 0 Å². The van der Waals surface area contributed by atoms with Crippen molar-refractivity contribution in [3.63, 3.8) is 0 Å². The average molecular weight is 264 g/mol. The largest absolute Gasteiger partial charge is 0.489 e. The van der Waals surface area contributed by atoms with Crippen LogP contribution in [0.5, 0.6) is 5.75 Å². The summed E-state index contributed by atoms with van der Waals surface area (Å²) in [6, 6.07) is 1.83. The van der Waals surface area contributed by atoms with Gasteiger partial charge in [-0.15, -0.1) is 11.3 Å². The van der Waals surface area contributed by atoms with Gasteiger partial charge >= 0.3 is 0 Å². The molecule has 2 aromatic heterocycles. The minimum atomic E-state index is -0.110. The first-order chi connectivity index (χ1) is 8.70. The number of nitrogens with one attached hydrogen (secondary N) is 1. The van der Waals surface area contributed by atoms with Crippen molar-refractivity contribution >= 4 is 11.3 Å². The Morgan fingerprint density at radius 2 is 2.11 bits per heavy atom. The molecule has 0 bridgehead atoms. The predicted octanol–water partition coefficient (Wildman–Crippen LogP) is 1.88. The second kappa shape index (κ2) is 5.90. The predicted molar refractivity (Wildman–Crippen MR) is 71.3 cm³/mol. The highest BCUT2D eigenvalue weighted by atomic mass is 32.1. The van der Waals surface area contributed by atoms with Gasteiger partial charge in [-0.2, -0.15) is 0 Å². The van der Waals surface area contributed by atoms with E-state index < -0.39 is 0 Å². The zero-order valence-corrected chi connectivity index (χ0v) is 11.1. The Morgan fingerprint density at radius 3 is 2.72 bits per heavy atom. The summed E-state index contributed by atoms with van der Waals surface area (Å²) in [5, 5.41) is 0. The third-order valence-corrected chi connectivity index (χ3v) is 3.18. The Morgan fingerprint density at radius 1 is 1.28 bits per heavy atom. The van der Waals surface area contributed by atoms with E-state index in [1.165, 1.54) is 0 Å². The van der Waals surface area contributed by atoms with Crippen LogP contribution in [0.25, 0.3) is 0 Å². The van der Waals surface area contributed by atoms with Crippen LogP contribution in [0.3, 0.4) is 0 Å². The van der Waals surface area contributed by atoms with E-state index in [0.29, 0.717) is 0 Å². The van der Waals surface area contributed by atoms with Gasteiger partial charge in [0, 0.05) is 17.3 Å². The molecule has 2 rings (SSSR count). The SMILES string of the molecule is CC(C)Oc1cncc(C(NN)c2cncs2)c1. The molecule has 1 atom stereocenters. The van der Waals surface area contributed by atoms with E-state index in [9.17, 15) is 0 Å². The molecule has 0 fully saturated rings. The Bertz CT molecular complexity index is 487. The van der Waals surface area contributed by atoms with Gasteiger partial charge in [-0.25, -0.2) is 5.43 Å². The molecule has 0 spiro atoms. The molecule has 2 aromatic rings.